The van der Waals surface area contributed by atoms with Gasteiger partial charge in [-0.15, -0.1) is 0 Å². The Morgan fingerprint density at radius 2 is 2.35 bits per heavy atom. The second-order valence-electron chi connectivity index (χ2n) is 5.29. The summed E-state index contributed by atoms with van der Waals surface area (Å²) in [5.74, 6) is -0.0992. The summed E-state index contributed by atoms with van der Waals surface area (Å²) < 4.78 is 0. The molecule has 110 valence electrons. The van der Waals surface area contributed by atoms with E-state index < -0.39 is 5.60 Å². The van der Waals surface area contributed by atoms with Crippen molar-refractivity contribution < 1.29 is 15.0 Å². The summed E-state index contributed by atoms with van der Waals surface area (Å²) in [5, 5.41) is 22.0. The average molecular weight is 279 g/mol. The van der Waals surface area contributed by atoms with Gasteiger partial charge in [-0.3, -0.25) is 14.7 Å². The fourth-order valence-electron chi connectivity index (χ4n) is 2.42. The molecule has 1 saturated heterocycles. The lowest BCUT2D eigenvalue weighted by atomic mass is 9.94. The summed E-state index contributed by atoms with van der Waals surface area (Å²) in [4.78, 5) is 17.9. The van der Waals surface area contributed by atoms with E-state index in [1.54, 1.807) is 6.20 Å². The number of aliphatic hydroxyl groups is 2. The van der Waals surface area contributed by atoms with E-state index in [0.29, 0.717) is 19.5 Å². The van der Waals surface area contributed by atoms with Crippen molar-refractivity contribution in [1.82, 2.24) is 15.2 Å². The van der Waals surface area contributed by atoms with Crippen LogP contribution in [0.4, 0.5) is 0 Å². The number of nitrogens with zero attached hydrogens (tertiary/aromatic N) is 2. The quantitative estimate of drug-likeness (QED) is 0.677. The zero-order valence-corrected chi connectivity index (χ0v) is 11.5. The molecular weight excluding hydrogens is 258 g/mol. The van der Waals surface area contributed by atoms with Crippen LogP contribution in [0.25, 0.3) is 0 Å². The number of nitrogens with one attached hydrogen (secondary N) is 1. The molecule has 0 spiro atoms. The van der Waals surface area contributed by atoms with Crippen LogP contribution in [0.1, 0.15) is 18.5 Å². The molecule has 0 radical (unpaired) electrons. The molecule has 0 aliphatic carbocycles. The van der Waals surface area contributed by atoms with Crippen LogP contribution in [-0.2, 0) is 11.3 Å². The lowest BCUT2D eigenvalue weighted by molar-refractivity contribution is -0.125. The molecule has 3 N–H and O–H groups in total. The third kappa shape index (κ3) is 4.26. The van der Waals surface area contributed by atoms with Gasteiger partial charge in [0.1, 0.15) is 5.60 Å². The molecule has 1 aromatic heterocycles. The Bertz CT molecular complexity index is 441. The highest BCUT2D eigenvalue weighted by Gasteiger charge is 2.33. The molecule has 1 amide bonds. The maximum Gasteiger partial charge on any atom is 0.234 e. The van der Waals surface area contributed by atoms with Crippen LogP contribution in [-0.4, -0.2) is 57.8 Å². The number of aromatic nitrogens is 1. The van der Waals surface area contributed by atoms with Crippen LogP contribution in [0.2, 0.25) is 0 Å². The normalized spacial score (nSPS) is 23.5. The second-order valence-corrected chi connectivity index (χ2v) is 5.29. The molecule has 1 aliphatic heterocycles. The molecule has 1 fully saturated rings. The van der Waals surface area contributed by atoms with Crippen LogP contribution in [0.3, 0.4) is 0 Å². The average Bonchev–Trinajstić information content (AvgIpc) is 2.46. The number of carbonyl (C=O) groups excluding carboxylic acids is 1. The fraction of sp³-hybridized carbons (Fsp3) is 0.571. The maximum atomic E-state index is 11.9. The molecular formula is C14H21N3O3. The zero-order chi connectivity index (χ0) is 14.4. The second kappa shape index (κ2) is 6.78. The number of β-amino-alcohol motifs (C(OH)–C–C–N with tert-alkyl or cyclic N) is 1. The van der Waals surface area contributed by atoms with Gasteiger partial charge in [0.2, 0.25) is 5.91 Å². The van der Waals surface area contributed by atoms with Crippen molar-refractivity contribution in [3.8, 4) is 0 Å². The maximum absolute atomic E-state index is 11.9. The Balaban J connectivity index is 1.77. The predicted molar refractivity (Wildman–Crippen MR) is 73.8 cm³/mol. The number of carbonyl (C=O) groups is 1. The largest absolute Gasteiger partial charge is 0.393 e. The van der Waals surface area contributed by atoms with Gasteiger partial charge in [0.25, 0.3) is 0 Å². The smallest absolute Gasteiger partial charge is 0.234 e. The van der Waals surface area contributed by atoms with E-state index >= 15 is 0 Å². The van der Waals surface area contributed by atoms with Crippen LogP contribution < -0.4 is 5.32 Å². The number of likely N-dealkylation sites (tertiary alicyclic amines) is 1. The van der Waals surface area contributed by atoms with Gasteiger partial charge < -0.3 is 15.5 Å². The van der Waals surface area contributed by atoms with Crippen LogP contribution in [0.5, 0.6) is 0 Å². The minimum Gasteiger partial charge on any atom is -0.393 e. The highest BCUT2D eigenvalue weighted by molar-refractivity contribution is 5.77. The molecule has 0 unspecified atom stereocenters. The standard InChI is InChI=1S/C14H21N3O3/c18-11-14(20)5-3-7-17(10-14)9-13(19)16-8-12-4-1-2-6-15-12/h1-2,4,6,18,20H,3,5,7-11H2,(H,16,19)/t14-/m1/s1. The number of amides is 1. The van der Waals surface area contributed by atoms with Crippen molar-refractivity contribution in [1.29, 1.82) is 0 Å². The van der Waals surface area contributed by atoms with E-state index in [-0.39, 0.29) is 19.1 Å². The van der Waals surface area contributed by atoms with Gasteiger partial charge in [0.05, 0.1) is 25.4 Å². The van der Waals surface area contributed by atoms with Crippen molar-refractivity contribution in [2.45, 2.75) is 25.0 Å². The minimum absolute atomic E-state index is 0.0992. The lowest BCUT2D eigenvalue weighted by Crippen LogP contribution is -2.52. The van der Waals surface area contributed by atoms with Crippen LogP contribution in [0, 0.1) is 0 Å². The molecule has 2 heterocycles. The Morgan fingerprint density at radius 3 is 3.05 bits per heavy atom. The molecule has 0 saturated carbocycles. The minimum atomic E-state index is -1.07. The first-order valence-corrected chi connectivity index (χ1v) is 6.83. The third-order valence-electron chi connectivity index (χ3n) is 3.49. The molecule has 0 aromatic carbocycles. The van der Waals surface area contributed by atoms with Gasteiger partial charge in [-0.25, -0.2) is 0 Å². The summed E-state index contributed by atoms with van der Waals surface area (Å²) in [5.41, 5.74) is -0.258. The molecule has 1 aliphatic rings. The zero-order valence-electron chi connectivity index (χ0n) is 11.5. The van der Waals surface area contributed by atoms with E-state index in [0.717, 1.165) is 18.7 Å². The fourth-order valence-corrected chi connectivity index (χ4v) is 2.42. The van der Waals surface area contributed by atoms with Crippen molar-refractivity contribution in [3.05, 3.63) is 30.1 Å². The number of aliphatic hydroxyl groups excluding tert-OH is 1. The van der Waals surface area contributed by atoms with Crippen molar-refractivity contribution in [2.75, 3.05) is 26.2 Å². The van der Waals surface area contributed by atoms with E-state index in [4.69, 9.17) is 5.11 Å². The number of pyridine rings is 1. The van der Waals surface area contributed by atoms with Crippen LogP contribution >= 0.6 is 0 Å². The Labute approximate surface area is 118 Å². The third-order valence-corrected chi connectivity index (χ3v) is 3.49. The van der Waals surface area contributed by atoms with E-state index in [1.807, 2.05) is 23.1 Å². The van der Waals surface area contributed by atoms with Gasteiger partial charge in [-0.2, -0.15) is 0 Å². The van der Waals surface area contributed by atoms with Crippen LogP contribution in [0.15, 0.2) is 24.4 Å². The van der Waals surface area contributed by atoms with Gasteiger partial charge >= 0.3 is 0 Å². The first kappa shape index (κ1) is 14.9. The monoisotopic (exact) mass is 279 g/mol. The molecule has 6 nitrogen and oxygen atoms in total. The van der Waals surface area contributed by atoms with Gasteiger partial charge in [-0.1, -0.05) is 6.07 Å². The van der Waals surface area contributed by atoms with Gasteiger partial charge in [0.15, 0.2) is 0 Å². The van der Waals surface area contributed by atoms with Crippen molar-refractivity contribution in [2.24, 2.45) is 0 Å². The summed E-state index contributed by atoms with van der Waals surface area (Å²) in [6.07, 6.45) is 3.05. The summed E-state index contributed by atoms with van der Waals surface area (Å²) in [7, 11) is 0. The Kier molecular flexibility index (Phi) is 5.05. The van der Waals surface area contributed by atoms with Crippen molar-refractivity contribution >= 4 is 5.91 Å². The molecule has 6 heteroatoms. The molecule has 20 heavy (non-hydrogen) atoms. The van der Waals surface area contributed by atoms with Crippen molar-refractivity contribution in [3.63, 3.8) is 0 Å². The Hall–Kier alpha value is -1.50. The summed E-state index contributed by atoms with van der Waals surface area (Å²) >= 11 is 0. The number of rotatable bonds is 5. The van der Waals surface area contributed by atoms with Gasteiger partial charge in [0, 0.05) is 12.7 Å². The Morgan fingerprint density at radius 1 is 1.50 bits per heavy atom. The first-order valence-electron chi connectivity index (χ1n) is 6.83. The lowest BCUT2D eigenvalue weighted by Gasteiger charge is -2.37. The topological polar surface area (TPSA) is 85.7 Å². The van der Waals surface area contributed by atoms with E-state index in [2.05, 4.69) is 10.3 Å². The molecule has 2 rings (SSSR count). The molecule has 1 atom stereocenters. The number of hydrogen-bond acceptors (Lipinski definition) is 5. The molecule has 1 aromatic rings. The van der Waals surface area contributed by atoms with E-state index in [1.165, 1.54) is 0 Å². The number of hydrogen-bond donors (Lipinski definition) is 3. The summed E-state index contributed by atoms with van der Waals surface area (Å²) in [6, 6.07) is 5.56. The highest BCUT2D eigenvalue weighted by atomic mass is 16.3. The SMILES string of the molecule is O=C(CN1CCC[C@](O)(CO)C1)NCc1ccccn1. The molecule has 0 bridgehead atoms. The number of piperidine rings is 1. The first-order chi connectivity index (χ1) is 9.61. The van der Waals surface area contributed by atoms with Gasteiger partial charge in [-0.05, 0) is 31.5 Å². The predicted octanol–water partition coefficient (Wildman–Crippen LogP) is -0.483. The summed E-state index contributed by atoms with van der Waals surface area (Å²) in [6.45, 7) is 1.46. The highest BCUT2D eigenvalue weighted by Crippen LogP contribution is 2.20. The van der Waals surface area contributed by atoms with E-state index in [9.17, 15) is 9.90 Å².